The second-order valence-electron chi connectivity index (χ2n) is 4.27. The Kier molecular flexibility index (Phi) is 3.34. The van der Waals surface area contributed by atoms with Gasteiger partial charge in [0.25, 0.3) is 0 Å². The lowest BCUT2D eigenvalue weighted by Gasteiger charge is -2.29. The molecule has 15 heavy (non-hydrogen) atoms. The van der Waals surface area contributed by atoms with E-state index in [2.05, 4.69) is 5.43 Å². The van der Waals surface area contributed by atoms with Crippen molar-refractivity contribution in [3.05, 3.63) is 35.6 Å². The second kappa shape index (κ2) is 4.73. The molecule has 0 saturated heterocycles. The number of nitrogens with one attached hydrogen (secondary N) is 1. The van der Waals surface area contributed by atoms with Crippen molar-refractivity contribution >= 4 is 0 Å². The van der Waals surface area contributed by atoms with Gasteiger partial charge in [0.15, 0.2) is 0 Å². The average molecular weight is 208 g/mol. The number of nitrogens with two attached hydrogens (primary N) is 1. The zero-order valence-electron chi connectivity index (χ0n) is 8.75. The maximum absolute atomic E-state index is 13.5. The lowest BCUT2D eigenvalue weighted by molar-refractivity contribution is 0.259. The van der Waals surface area contributed by atoms with Gasteiger partial charge in [-0.2, -0.15) is 0 Å². The minimum absolute atomic E-state index is 0.0449. The van der Waals surface area contributed by atoms with E-state index in [1.54, 1.807) is 12.1 Å². The largest absolute Gasteiger partial charge is 0.271 e. The molecule has 0 spiro atoms. The molecule has 1 saturated carbocycles. The highest BCUT2D eigenvalue weighted by Crippen LogP contribution is 2.34. The molecule has 3 heteroatoms. The first-order valence-electron chi connectivity index (χ1n) is 5.52. The molecule has 0 bridgehead atoms. The van der Waals surface area contributed by atoms with E-state index in [9.17, 15) is 4.39 Å². The average Bonchev–Trinajstić information content (AvgIpc) is 2.19. The van der Waals surface area contributed by atoms with Gasteiger partial charge >= 0.3 is 0 Å². The van der Waals surface area contributed by atoms with Gasteiger partial charge in [0.1, 0.15) is 5.82 Å². The summed E-state index contributed by atoms with van der Waals surface area (Å²) in [5.74, 6) is 6.03. The van der Waals surface area contributed by atoms with Crippen LogP contribution in [0.3, 0.4) is 0 Å². The Morgan fingerprint density at radius 1 is 1.40 bits per heavy atom. The Morgan fingerprint density at radius 3 is 2.67 bits per heavy atom. The molecular weight excluding hydrogens is 191 g/mol. The van der Waals surface area contributed by atoms with Crippen LogP contribution in [0.25, 0.3) is 0 Å². The van der Waals surface area contributed by atoms with Crippen LogP contribution in [0, 0.1) is 11.7 Å². The third-order valence-electron chi connectivity index (χ3n) is 3.28. The highest BCUT2D eigenvalue weighted by Gasteiger charge is 2.23. The summed E-state index contributed by atoms with van der Waals surface area (Å²) in [5.41, 5.74) is 3.41. The summed E-state index contributed by atoms with van der Waals surface area (Å²) in [6.45, 7) is 0. The maximum Gasteiger partial charge on any atom is 0.128 e. The van der Waals surface area contributed by atoms with Gasteiger partial charge in [-0.3, -0.25) is 11.3 Å². The highest BCUT2D eigenvalue weighted by atomic mass is 19.1. The molecule has 1 aromatic carbocycles. The number of hydrogen-bond acceptors (Lipinski definition) is 2. The van der Waals surface area contributed by atoms with E-state index in [0.29, 0.717) is 11.5 Å². The van der Waals surface area contributed by atoms with Crippen molar-refractivity contribution < 1.29 is 4.39 Å². The van der Waals surface area contributed by atoms with E-state index in [0.717, 1.165) is 6.42 Å². The van der Waals surface area contributed by atoms with Crippen LogP contribution < -0.4 is 11.3 Å². The summed E-state index contributed by atoms with van der Waals surface area (Å²) >= 11 is 0. The number of hydrazine groups is 1. The predicted octanol–water partition coefficient (Wildman–Crippen LogP) is 2.52. The molecular formula is C12H17FN2. The van der Waals surface area contributed by atoms with Crippen LogP contribution in [0.2, 0.25) is 0 Å². The van der Waals surface area contributed by atoms with E-state index in [4.69, 9.17) is 5.84 Å². The summed E-state index contributed by atoms with van der Waals surface area (Å²) in [6.07, 6.45) is 4.76. The summed E-state index contributed by atoms with van der Waals surface area (Å²) in [5, 5.41) is 0. The van der Waals surface area contributed by atoms with Crippen LogP contribution in [0.1, 0.15) is 37.3 Å². The first-order chi connectivity index (χ1) is 7.31. The Balaban J connectivity index is 2.07. The number of halogens is 1. The topological polar surface area (TPSA) is 38.0 Å². The van der Waals surface area contributed by atoms with Crippen molar-refractivity contribution in [1.82, 2.24) is 5.43 Å². The van der Waals surface area contributed by atoms with E-state index in [-0.39, 0.29) is 11.9 Å². The first-order valence-corrected chi connectivity index (χ1v) is 5.52. The van der Waals surface area contributed by atoms with Gasteiger partial charge in [-0.1, -0.05) is 37.5 Å². The van der Waals surface area contributed by atoms with Gasteiger partial charge in [0, 0.05) is 11.6 Å². The normalized spacial score (nSPS) is 18.5. The second-order valence-corrected chi connectivity index (χ2v) is 4.27. The van der Waals surface area contributed by atoms with Crippen LogP contribution in [0.5, 0.6) is 0 Å². The molecule has 0 radical (unpaired) electrons. The molecule has 3 N–H and O–H groups in total. The van der Waals surface area contributed by atoms with Crippen LogP contribution in [-0.2, 0) is 0 Å². The molecule has 82 valence electrons. The Bertz CT molecular complexity index is 323. The standard InChI is InChI=1S/C12H17FN2/c13-11-7-2-1-6-10(11)12(15-14)8-9-4-3-5-9/h1-2,6-7,9,12,15H,3-5,8,14H2. The molecule has 1 aliphatic rings. The third kappa shape index (κ3) is 2.36. The maximum atomic E-state index is 13.5. The molecule has 2 nitrogen and oxygen atoms in total. The summed E-state index contributed by atoms with van der Waals surface area (Å²) in [7, 11) is 0. The Morgan fingerprint density at radius 2 is 2.13 bits per heavy atom. The zero-order chi connectivity index (χ0) is 10.7. The molecule has 0 heterocycles. The molecule has 1 aromatic rings. The monoisotopic (exact) mass is 208 g/mol. The minimum Gasteiger partial charge on any atom is -0.271 e. The van der Waals surface area contributed by atoms with E-state index >= 15 is 0 Å². The van der Waals surface area contributed by atoms with Gasteiger partial charge in [0.2, 0.25) is 0 Å². The van der Waals surface area contributed by atoms with Gasteiger partial charge in [-0.05, 0) is 18.4 Å². The molecule has 1 fully saturated rings. The fourth-order valence-electron chi connectivity index (χ4n) is 2.10. The minimum atomic E-state index is -0.167. The van der Waals surface area contributed by atoms with E-state index in [1.807, 2.05) is 6.07 Å². The molecule has 1 atom stereocenters. The van der Waals surface area contributed by atoms with E-state index < -0.39 is 0 Å². The van der Waals surface area contributed by atoms with Crippen molar-refractivity contribution in [1.29, 1.82) is 0 Å². The SMILES string of the molecule is NNC(CC1CCC1)c1ccccc1F. The highest BCUT2D eigenvalue weighted by molar-refractivity contribution is 5.21. The molecule has 2 rings (SSSR count). The number of hydrogen-bond donors (Lipinski definition) is 2. The quantitative estimate of drug-likeness (QED) is 0.589. The number of benzene rings is 1. The van der Waals surface area contributed by atoms with Crippen LogP contribution >= 0.6 is 0 Å². The van der Waals surface area contributed by atoms with Gasteiger partial charge in [0.05, 0.1) is 0 Å². The number of rotatable bonds is 4. The summed E-state index contributed by atoms with van der Waals surface area (Å²) in [6, 6.07) is 6.80. The van der Waals surface area contributed by atoms with Crippen molar-refractivity contribution in [2.75, 3.05) is 0 Å². The summed E-state index contributed by atoms with van der Waals surface area (Å²) in [4.78, 5) is 0. The molecule has 0 aromatic heterocycles. The molecule has 0 aliphatic heterocycles. The zero-order valence-corrected chi connectivity index (χ0v) is 8.75. The lowest BCUT2D eigenvalue weighted by Crippen LogP contribution is -2.31. The third-order valence-corrected chi connectivity index (χ3v) is 3.28. The fourth-order valence-corrected chi connectivity index (χ4v) is 2.10. The van der Waals surface area contributed by atoms with Crippen LogP contribution in [0.4, 0.5) is 4.39 Å². The van der Waals surface area contributed by atoms with Gasteiger partial charge in [-0.25, -0.2) is 4.39 Å². The molecule has 1 unspecified atom stereocenters. The van der Waals surface area contributed by atoms with Gasteiger partial charge in [-0.15, -0.1) is 0 Å². The molecule has 1 aliphatic carbocycles. The lowest BCUT2D eigenvalue weighted by atomic mass is 9.79. The predicted molar refractivity (Wildman–Crippen MR) is 58.4 cm³/mol. The van der Waals surface area contributed by atoms with Crippen molar-refractivity contribution in [3.8, 4) is 0 Å². The van der Waals surface area contributed by atoms with Gasteiger partial charge < -0.3 is 0 Å². The summed E-state index contributed by atoms with van der Waals surface area (Å²) < 4.78 is 13.5. The van der Waals surface area contributed by atoms with Crippen molar-refractivity contribution in [2.24, 2.45) is 11.8 Å². The fraction of sp³-hybridized carbons (Fsp3) is 0.500. The van der Waals surface area contributed by atoms with Crippen LogP contribution in [0.15, 0.2) is 24.3 Å². The van der Waals surface area contributed by atoms with E-state index in [1.165, 1.54) is 25.3 Å². The smallest absolute Gasteiger partial charge is 0.128 e. The van der Waals surface area contributed by atoms with Crippen molar-refractivity contribution in [2.45, 2.75) is 31.7 Å². The van der Waals surface area contributed by atoms with Crippen molar-refractivity contribution in [3.63, 3.8) is 0 Å². The first kappa shape index (κ1) is 10.6. The molecule has 0 amide bonds. The van der Waals surface area contributed by atoms with Crippen LogP contribution in [-0.4, -0.2) is 0 Å². The Hall–Kier alpha value is -0.930. The Labute approximate surface area is 89.6 Å².